The molecule has 0 spiro atoms. The molecule has 2 aromatic rings. The van der Waals surface area contributed by atoms with Crippen LogP contribution in [0.2, 0.25) is 5.02 Å². The zero-order chi connectivity index (χ0) is 19.8. The molecule has 2 aromatic carbocycles. The second-order valence-corrected chi connectivity index (χ2v) is 8.75. The van der Waals surface area contributed by atoms with E-state index < -0.39 is 27.9 Å². The number of rotatable bonds is 4. The summed E-state index contributed by atoms with van der Waals surface area (Å²) in [4.78, 5) is 25.0. The fourth-order valence-electron chi connectivity index (χ4n) is 2.98. The maximum Gasteiger partial charge on any atom is 0.267 e. The van der Waals surface area contributed by atoms with Gasteiger partial charge in [0.25, 0.3) is 10.0 Å². The lowest BCUT2D eigenvalue weighted by Crippen LogP contribution is -2.45. The van der Waals surface area contributed by atoms with Gasteiger partial charge >= 0.3 is 0 Å². The highest BCUT2D eigenvalue weighted by atomic mass is 35.5. The van der Waals surface area contributed by atoms with Crippen LogP contribution in [-0.2, 0) is 19.6 Å². The fraction of sp³-hybridized carbons (Fsp3) is 0.263. The van der Waals surface area contributed by atoms with E-state index in [1.54, 1.807) is 37.3 Å². The first-order valence-corrected chi connectivity index (χ1v) is 10.2. The Morgan fingerprint density at radius 3 is 2.56 bits per heavy atom. The summed E-state index contributed by atoms with van der Waals surface area (Å²) in [5, 5.41) is 3.08. The zero-order valence-electron chi connectivity index (χ0n) is 14.9. The third kappa shape index (κ3) is 3.84. The lowest BCUT2D eigenvalue weighted by molar-refractivity contribution is -0.128. The van der Waals surface area contributed by atoms with Crippen LogP contribution >= 0.6 is 11.6 Å². The van der Waals surface area contributed by atoms with E-state index in [2.05, 4.69) is 5.32 Å². The molecular formula is C19H19ClN2O4S. The Kier molecular flexibility index (Phi) is 5.26. The molecule has 3 rings (SSSR count). The Balaban J connectivity index is 1.91. The van der Waals surface area contributed by atoms with Gasteiger partial charge in [-0.15, -0.1) is 0 Å². The number of carbonyl (C=O) groups excluding carboxylic acids is 2. The van der Waals surface area contributed by atoms with Crippen LogP contribution in [0.1, 0.15) is 24.0 Å². The first-order valence-electron chi connectivity index (χ1n) is 8.41. The van der Waals surface area contributed by atoms with Crippen LogP contribution in [0.15, 0.2) is 47.4 Å². The van der Waals surface area contributed by atoms with E-state index in [0.717, 1.165) is 11.1 Å². The summed E-state index contributed by atoms with van der Waals surface area (Å²) in [6.45, 7) is 3.66. The first kappa shape index (κ1) is 19.4. The van der Waals surface area contributed by atoms with Gasteiger partial charge in [0.2, 0.25) is 11.8 Å². The van der Waals surface area contributed by atoms with Gasteiger partial charge in [0.15, 0.2) is 0 Å². The fourth-order valence-corrected chi connectivity index (χ4v) is 4.86. The van der Waals surface area contributed by atoms with Crippen LogP contribution in [0.3, 0.4) is 0 Å². The predicted molar refractivity (Wildman–Crippen MR) is 103 cm³/mol. The van der Waals surface area contributed by atoms with Gasteiger partial charge in [-0.1, -0.05) is 23.7 Å². The van der Waals surface area contributed by atoms with Crippen LogP contribution in [0.4, 0.5) is 5.69 Å². The molecular weight excluding hydrogens is 388 g/mol. The number of halogens is 1. The van der Waals surface area contributed by atoms with Gasteiger partial charge in [-0.25, -0.2) is 12.7 Å². The van der Waals surface area contributed by atoms with Crippen molar-refractivity contribution in [1.29, 1.82) is 0 Å². The summed E-state index contributed by atoms with van der Waals surface area (Å²) < 4.78 is 26.8. The van der Waals surface area contributed by atoms with Gasteiger partial charge in [0.1, 0.15) is 6.04 Å². The number of benzene rings is 2. The second kappa shape index (κ2) is 7.32. The average molecular weight is 407 g/mol. The van der Waals surface area contributed by atoms with Crippen LogP contribution in [0.25, 0.3) is 0 Å². The molecule has 1 aliphatic heterocycles. The van der Waals surface area contributed by atoms with E-state index in [-0.39, 0.29) is 17.7 Å². The average Bonchev–Trinajstić information content (AvgIpc) is 3.00. The highest BCUT2D eigenvalue weighted by Crippen LogP contribution is 2.29. The van der Waals surface area contributed by atoms with E-state index in [1.165, 1.54) is 12.1 Å². The number of nitrogens with zero attached hydrogens (tertiary/aromatic N) is 1. The molecule has 1 saturated heterocycles. The molecule has 1 unspecified atom stereocenters. The monoisotopic (exact) mass is 406 g/mol. The van der Waals surface area contributed by atoms with Crippen molar-refractivity contribution in [3.05, 3.63) is 58.6 Å². The Bertz CT molecular complexity index is 1020. The molecule has 1 aliphatic rings. The maximum absolute atomic E-state index is 13.0. The Labute approximate surface area is 163 Å². The number of sulfonamides is 1. The van der Waals surface area contributed by atoms with Crippen molar-refractivity contribution in [3.63, 3.8) is 0 Å². The van der Waals surface area contributed by atoms with E-state index in [9.17, 15) is 18.0 Å². The van der Waals surface area contributed by atoms with Crippen molar-refractivity contribution in [2.75, 3.05) is 5.32 Å². The number of nitrogens with one attached hydrogen (secondary N) is 1. The van der Waals surface area contributed by atoms with Gasteiger partial charge in [0, 0.05) is 17.1 Å². The highest BCUT2D eigenvalue weighted by molar-refractivity contribution is 7.89. The number of amides is 2. The van der Waals surface area contributed by atoms with Crippen molar-refractivity contribution in [2.45, 2.75) is 37.6 Å². The quantitative estimate of drug-likeness (QED) is 0.844. The molecule has 1 heterocycles. The molecule has 6 nitrogen and oxygen atoms in total. The molecule has 27 heavy (non-hydrogen) atoms. The topological polar surface area (TPSA) is 83.6 Å². The van der Waals surface area contributed by atoms with Gasteiger partial charge in [-0.3, -0.25) is 9.59 Å². The molecule has 0 bridgehead atoms. The Morgan fingerprint density at radius 1 is 1.15 bits per heavy atom. The van der Waals surface area contributed by atoms with Crippen molar-refractivity contribution >= 4 is 39.1 Å². The summed E-state index contributed by atoms with van der Waals surface area (Å²) in [6, 6.07) is 10.1. The minimum absolute atomic E-state index is 0.00130. The number of aryl methyl sites for hydroxylation is 2. The van der Waals surface area contributed by atoms with Crippen molar-refractivity contribution in [2.24, 2.45) is 0 Å². The molecule has 0 aliphatic carbocycles. The molecule has 1 fully saturated rings. The molecule has 1 atom stereocenters. The third-order valence-corrected chi connectivity index (χ3v) is 6.65. The minimum Gasteiger partial charge on any atom is -0.324 e. The number of anilines is 1. The van der Waals surface area contributed by atoms with E-state index in [1.807, 2.05) is 6.92 Å². The van der Waals surface area contributed by atoms with Crippen LogP contribution in [0.5, 0.6) is 0 Å². The third-order valence-electron chi connectivity index (χ3n) is 4.59. The standard InChI is InChI=1S/C19H19ClN2O4S/c1-12-6-7-16(10-13(12)2)27(25,26)22-17(8-9-18(22)23)19(24)21-15-5-3-4-14(20)11-15/h3-7,10-11,17H,8-9H2,1-2H3,(H,21,24). The zero-order valence-corrected chi connectivity index (χ0v) is 16.5. The summed E-state index contributed by atoms with van der Waals surface area (Å²) in [5.74, 6) is -1.14. The summed E-state index contributed by atoms with van der Waals surface area (Å²) >= 11 is 5.91. The Morgan fingerprint density at radius 2 is 1.89 bits per heavy atom. The summed E-state index contributed by atoms with van der Waals surface area (Å²) in [7, 11) is -4.12. The van der Waals surface area contributed by atoms with Gasteiger partial charge < -0.3 is 5.32 Å². The number of carbonyl (C=O) groups is 2. The van der Waals surface area contributed by atoms with Gasteiger partial charge in [-0.2, -0.15) is 0 Å². The van der Waals surface area contributed by atoms with Crippen LogP contribution in [-0.4, -0.2) is 30.6 Å². The molecule has 8 heteroatoms. The van der Waals surface area contributed by atoms with Crippen molar-refractivity contribution < 1.29 is 18.0 Å². The molecule has 2 amide bonds. The van der Waals surface area contributed by atoms with E-state index in [4.69, 9.17) is 11.6 Å². The SMILES string of the molecule is Cc1ccc(S(=O)(=O)N2C(=O)CCC2C(=O)Nc2cccc(Cl)c2)cc1C. The highest BCUT2D eigenvalue weighted by Gasteiger charge is 2.44. The normalized spacial score (nSPS) is 17.2. The number of hydrogen-bond acceptors (Lipinski definition) is 4. The summed E-state index contributed by atoms with van der Waals surface area (Å²) in [5.41, 5.74) is 2.18. The lowest BCUT2D eigenvalue weighted by atomic mass is 10.1. The largest absolute Gasteiger partial charge is 0.324 e. The minimum atomic E-state index is -4.12. The van der Waals surface area contributed by atoms with Gasteiger partial charge in [-0.05, 0) is 61.7 Å². The van der Waals surface area contributed by atoms with Gasteiger partial charge in [0.05, 0.1) is 4.90 Å². The predicted octanol–water partition coefficient (Wildman–Crippen LogP) is 3.28. The molecule has 142 valence electrons. The molecule has 0 aromatic heterocycles. The second-order valence-electron chi connectivity index (χ2n) is 6.49. The van der Waals surface area contributed by atoms with Crippen molar-refractivity contribution in [1.82, 2.24) is 4.31 Å². The van der Waals surface area contributed by atoms with Crippen molar-refractivity contribution in [3.8, 4) is 0 Å². The van der Waals surface area contributed by atoms with Crippen LogP contribution < -0.4 is 5.32 Å². The van der Waals surface area contributed by atoms with E-state index in [0.29, 0.717) is 15.0 Å². The summed E-state index contributed by atoms with van der Waals surface area (Å²) in [6.07, 6.45) is 0.132. The Hall–Kier alpha value is -2.38. The first-order chi connectivity index (χ1) is 12.7. The molecule has 0 saturated carbocycles. The smallest absolute Gasteiger partial charge is 0.267 e. The molecule has 1 N–H and O–H groups in total. The molecule has 0 radical (unpaired) electrons. The maximum atomic E-state index is 13.0. The lowest BCUT2D eigenvalue weighted by Gasteiger charge is -2.24. The number of hydrogen-bond donors (Lipinski definition) is 1. The van der Waals surface area contributed by atoms with E-state index >= 15 is 0 Å². The van der Waals surface area contributed by atoms with Crippen LogP contribution in [0, 0.1) is 13.8 Å².